The molecule has 0 saturated heterocycles. The van der Waals surface area contributed by atoms with Gasteiger partial charge in [0.2, 0.25) is 0 Å². The van der Waals surface area contributed by atoms with Gasteiger partial charge in [-0.1, -0.05) is 95.3 Å². The summed E-state index contributed by atoms with van der Waals surface area (Å²) in [6.07, 6.45) is 8.60. The van der Waals surface area contributed by atoms with Crippen molar-refractivity contribution in [1.29, 1.82) is 0 Å². The standard InChI is InChI=1S/2C10H23O3P.C2H6O.4Na/c2*1-4-7-8-9-10(5-2,6-3)14(11,12)13;1-2-3;;;;/h2*4-9H2,1-3H3,(H2,11,12,13);3H,2H2,1H3;;;;/q;;;4*+1/p-4. The fraction of sp³-hybridized carbons (Fsp3) is 1.00. The van der Waals surface area contributed by atoms with Crippen molar-refractivity contribution in [2.24, 2.45) is 0 Å². The zero-order valence-electron chi connectivity index (χ0n) is 25.0. The quantitative estimate of drug-likeness (QED) is 0.122. The van der Waals surface area contributed by atoms with Gasteiger partial charge in [0.05, 0.1) is 0 Å². The van der Waals surface area contributed by atoms with E-state index in [0.29, 0.717) is 38.5 Å². The Bertz CT molecular complexity index is 466. The van der Waals surface area contributed by atoms with Gasteiger partial charge in [-0.2, -0.15) is 0 Å². The molecule has 0 bridgehead atoms. The molecule has 0 radical (unpaired) electrons. The number of rotatable bonds is 14. The van der Waals surface area contributed by atoms with Crippen molar-refractivity contribution in [3.63, 3.8) is 0 Å². The van der Waals surface area contributed by atoms with Crippen LogP contribution in [0.15, 0.2) is 0 Å². The molecule has 0 unspecified atom stereocenters. The summed E-state index contributed by atoms with van der Waals surface area (Å²) in [4.78, 5) is 44.7. The van der Waals surface area contributed by atoms with Gasteiger partial charge in [-0.15, -0.1) is 0 Å². The van der Waals surface area contributed by atoms with Crippen molar-refractivity contribution in [3.8, 4) is 0 Å². The van der Waals surface area contributed by atoms with Crippen molar-refractivity contribution >= 4 is 15.2 Å². The monoisotopic (exact) mass is 578 g/mol. The first-order valence-electron chi connectivity index (χ1n) is 11.9. The summed E-state index contributed by atoms with van der Waals surface area (Å²) < 4.78 is 22.4. The van der Waals surface area contributed by atoms with Crippen LogP contribution in [0.2, 0.25) is 0 Å². The van der Waals surface area contributed by atoms with Gasteiger partial charge in [-0.05, 0) is 55.8 Å². The minimum atomic E-state index is -4.45. The van der Waals surface area contributed by atoms with Crippen LogP contribution in [0.25, 0.3) is 0 Å². The largest absolute Gasteiger partial charge is 1.00 e. The zero-order chi connectivity index (χ0) is 25.2. The van der Waals surface area contributed by atoms with Gasteiger partial charge in [0.1, 0.15) is 0 Å². The Balaban J connectivity index is -0.0000000728. The summed E-state index contributed by atoms with van der Waals surface area (Å²) in [5.41, 5.74) is 0. The molecule has 192 valence electrons. The topological polar surface area (TPSA) is 147 Å². The number of unbranched alkanes of at least 4 members (excludes halogenated alkanes) is 4. The Morgan fingerprint density at radius 2 is 0.743 bits per heavy atom. The molecule has 0 aromatic carbocycles. The summed E-state index contributed by atoms with van der Waals surface area (Å²) in [5.74, 6) is 0. The summed E-state index contributed by atoms with van der Waals surface area (Å²) in [5, 5.41) is 5.60. The normalized spacial score (nSPS) is 11.1. The number of aliphatic hydroxyl groups excluding tert-OH is 1. The van der Waals surface area contributed by atoms with Crippen LogP contribution < -0.4 is 138 Å². The molecule has 0 amide bonds. The fourth-order valence-electron chi connectivity index (χ4n) is 3.66. The van der Waals surface area contributed by atoms with E-state index in [9.17, 15) is 28.7 Å². The van der Waals surface area contributed by atoms with E-state index in [1.807, 2.05) is 0 Å². The maximum atomic E-state index is 11.2. The van der Waals surface area contributed by atoms with Gasteiger partial charge in [0, 0.05) is 6.61 Å². The van der Waals surface area contributed by atoms with Crippen molar-refractivity contribution in [3.05, 3.63) is 0 Å². The van der Waals surface area contributed by atoms with Crippen molar-refractivity contribution in [2.45, 2.75) is 136 Å². The van der Waals surface area contributed by atoms with E-state index in [0.717, 1.165) is 38.5 Å². The number of hydrogen-bond acceptors (Lipinski definition) is 7. The van der Waals surface area contributed by atoms with E-state index in [1.54, 1.807) is 34.6 Å². The Morgan fingerprint density at radius 3 is 0.857 bits per heavy atom. The Morgan fingerprint density at radius 1 is 0.543 bits per heavy atom. The third-order valence-corrected chi connectivity index (χ3v) is 10.3. The molecule has 13 heteroatoms. The van der Waals surface area contributed by atoms with Crippen LogP contribution in [0.1, 0.15) is 126 Å². The Kier molecular flexibility index (Phi) is 49.2. The van der Waals surface area contributed by atoms with Crippen molar-refractivity contribution in [1.82, 2.24) is 0 Å². The fourth-order valence-corrected chi connectivity index (χ4v) is 6.08. The van der Waals surface area contributed by atoms with Crippen LogP contribution >= 0.6 is 15.2 Å². The first-order valence-corrected chi connectivity index (χ1v) is 15.0. The second-order valence-electron chi connectivity index (χ2n) is 8.09. The predicted molar refractivity (Wildman–Crippen MR) is 123 cm³/mol. The van der Waals surface area contributed by atoms with Crippen LogP contribution in [0.5, 0.6) is 0 Å². The molecule has 0 atom stereocenters. The molecule has 0 aliphatic carbocycles. The average molecular weight is 579 g/mol. The molecular formula is C22H48Na4O7P2. The van der Waals surface area contributed by atoms with Crippen LogP contribution in [0.4, 0.5) is 0 Å². The van der Waals surface area contributed by atoms with Gasteiger partial charge in [0.15, 0.2) is 0 Å². The van der Waals surface area contributed by atoms with Gasteiger partial charge in [-0.25, -0.2) is 0 Å². The Hall–Kier alpha value is 4.26. The molecular weight excluding hydrogens is 530 g/mol. The van der Waals surface area contributed by atoms with Gasteiger partial charge < -0.3 is 33.8 Å². The molecule has 35 heavy (non-hydrogen) atoms. The molecule has 7 nitrogen and oxygen atoms in total. The Labute approximate surface area is 305 Å². The minimum absolute atomic E-state index is 0. The maximum Gasteiger partial charge on any atom is 1.00 e. The number of hydrogen-bond donors (Lipinski definition) is 1. The summed E-state index contributed by atoms with van der Waals surface area (Å²) >= 11 is 0. The SMILES string of the molecule is CCCCCC(CC)(CC)P(=O)([O-])[O-].CCCCCC(CC)(CC)P(=O)([O-])[O-].CCO.[Na+].[Na+].[Na+].[Na+]. The molecule has 0 fully saturated rings. The molecule has 0 heterocycles. The van der Waals surface area contributed by atoms with E-state index in [4.69, 9.17) is 5.11 Å². The first kappa shape index (κ1) is 55.2. The zero-order valence-corrected chi connectivity index (χ0v) is 34.8. The van der Waals surface area contributed by atoms with Gasteiger partial charge >= 0.3 is 118 Å². The molecule has 0 rings (SSSR count). The van der Waals surface area contributed by atoms with Gasteiger partial charge in [-0.3, -0.25) is 0 Å². The predicted octanol–water partition coefficient (Wildman–Crippen LogP) is -7.91. The van der Waals surface area contributed by atoms with Crippen LogP contribution in [0.3, 0.4) is 0 Å². The molecule has 0 aromatic heterocycles. The van der Waals surface area contributed by atoms with Crippen molar-refractivity contribution in [2.75, 3.05) is 6.61 Å². The second-order valence-corrected chi connectivity index (χ2v) is 12.0. The summed E-state index contributed by atoms with van der Waals surface area (Å²) in [7, 11) is -8.89. The average Bonchev–Trinajstić information content (AvgIpc) is 2.68. The molecule has 0 aromatic rings. The molecule has 0 aliphatic rings. The molecule has 0 spiro atoms. The molecule has 0 saturated carbocycles. The summed E-state index contributed by atoms with van der Waals surface area (Å²) in [6.45, 7) is 13.2. The van der Waals surface area contributed by atoms with E-state index in [-0.39, 0.29) is 125 Å². The maximum absolute atomic E-state index is 11.2. The number of aliphatic hydroxyl groups is 1. The van der Waals surface area contributed by atoms with E-state index in [1.165, 1.54) is 0 Å². The first-order chi connectivity index (χ1) is 14.3. The minimum Gasteiger partial charge on any atom is -0.810 e. The third kappa shape index (κ3) is 23.5. The van der Waals surface area contributed by atoms with Crippen molar-refractivity contribution < 1.29 is 152 Å². The van der Waals surface area contributed by atoms with Gasteiger partial charge in [0.25, 0.3) is 0 Å². The van der Waals surface area contributed by atoms with E-state index >= 15 is 0 Å². The van der Waals surface area contributed by atoms with Crippen LogP contribution in [-0.4, -0.2) is 22.0 Å². The van der Waals surface area contributed by atoms with E-state index in [2.05, 4.69) is 13.8 Å². The molecule has 0 aliphatic heterocycles. The van der Waals surface area contributed by atoms with Crippen LogP contribution in [0, 0.1) is 0 Å². The second kappa shape index (κ2) is 31.2. The van der Waals surface area contributed by atoms with E-state index < -0.39 is 25.5 Å². The summed E-state index contributed by atoms with van der Waals surface area (Å²) in [6, 6.07) is 0. The third-order valence-electron chi connectivity index (χ3n) is 6.29. The smallest absolute Gasteiger partial charge is 0.810 e. The molecule has 1 N–H and O–H groups in total. The van der Waals surface area contributed by atoms with Crippen LogP contribution in [-0.2, 0) is 9.13 Å².